The number of nitrogens with zero attached hydrogens (tertiary/aromatic N) is 1. The number of halogens is 4. The molecule has 0 spiro atoms. The molecule has 0 bridgehead atoms. The first-order valence-corrected chi connectivity index (χ1v) is 11.1. The van der Waals surface area contributed by atoms with E-state index in [2.05, 4.69) is 10.3 Å². The molecule has 0 radical (unpaired) electrons. The van der Waals surface area contributed by atoms with Gasteiger partial charge in [-0.05, 0) is 55.9 Å². The molecule has 2 aromatic rings. The minimum atomic E-state index is -4.55. The van der Waals surface area contributed by atoms with Crippen LogP contribution < -0.4 is 10.1 Å². The van der Waals surface area contributed by atoms with Crippen molar-refractivity contribution in [2.45, 2.75) is 56.8 Å². The van der Waals surface area contributed by atoms with Crippen molar-refractivity contribution in [3.8, 4) is 17.0 Å². The quantitative estimate of drug-likeness (QED) is 0.608. The molecule has 0 aliphatic heterocycles. The first kappa shape index (κ1) is 22.9. The largest absolute Gasteiger partial charge is 0.477 e. The number of rotatable bonds is 6. The van der Waals surface area contributed by atoms with Gasteiger partial charge in [0.1, 0.15) is 0 Å². The van der Waals surface area contributed by atoms with E-state index in [4.69, 9.17) is 16.3 Å². The van der Waals surface area contributed by atoms with E-state index in [1.807, 2.05) is 0 Å². The summed E-state index contributed by atoms with van der Waals surface area (Å²) in [4.78, 5) is 17.1. The predicted octanol–water partition coefficient (Wildman–Crippen LogP) is 5.24. The van der Waals surface area contributed by atoms with E-state index in [1.165, 1.54) is 18.3 Å². The van der Waals surface area contributed by atoms with Crippen LogP contribution in [0.25, 0.3) is 11.1 Å². The molecule has 0 unspecified atom stereocenters. The number of carbonyl (C=O) groups excluding carboxylic acids is 1. The number of carbonyl (C=O) groups is 1. The molecule has 9 heteroatoms. The average molecular weight is 469 g/mol. The third-order valence-corrected chi connectivity index (χ3v) is 6.23. The molecule has 2 saturated carbocycles. The van der Waals surface area contributed by atoms with Crippen molar-refractivity contribution in [3.05, 3.63) is 46.6 Å². The summed E-state index contributed by atoms with van der Waals surface area (Å²) >= 11 is 6.25. The van der Waals surface area contributed by atoms with Gasteiger partial charge in [0.25, 0.3) is 5.91 Å². The van der Waals surface area contributed by atoms with Crippen molar-refractivity contribution in [2.75, 3.05) is 6.61 Å². The molecule has 0 saturated heterocycles. The van der Waals surface area contributed by atoms with Crippen molar-refractivity contribution in [1.82, 2.24) is 10.3 Å². The van der Waals surface area contributed by atoms with Gasteiger partial charge in [0.2, 0.25) is 5.88 Å². The Bertz CT molecular complexity index is 995. The van der Waals surface area contributed by atoms with E-state index in [9.17, 15) is 23.1 Å². The number of pyridine rings is 1. The summed E-state index contributed by atoms with van der Waals surface area (Å²) in [5.41, 5.74) is -0.388. The number of hydrogen-bond acceptors (Lipinski definition) is 4. The predicted molar refractivity (Wildman–Crippen MR) is 114 cm³/mol. The van der Waals surface area contributed by atoms with Gasteiger partial charge < -0.3 is 15.2 Å². The Hall–Kier alpha value is -2.32. The lowest BCUT2D eigenvalue weighted by atomic mass is 9.92. The van der Waals surface area contributed by atoms with Gasteiger partial charge in [-0.1, -0.05) is 24.4 Å². The lowest BCUT2D eigenvalue weighted by Crippen LogP contribution is -2.45. The molecule has 2 aliphatic rings. The highest BCUT2D eigenvalue weighted by atomic mass is 35.5. The highest BCUT2D eigenvalue weighted by molar-refractivity contribution is 6.33. The molecule has 2 fully saturated rings. The zero-order valence-corrected chi connectivity index (χ0v) is 18.0. The fraction of sp³-hybridized carbons (Fsp3) is 0.478. The van der Waals surface area contributed by atoms with Crippen molar-refractivity contribution < 1.29 is 27.8 Å². The fourth-order valence-electron chi connectivity index (χ4n) is 3.81. The number of alkyl halides is 3. The van der Waals surface area contributed by atoms with Crippen LogP contribution in [0.5, 0.6) is 5.88 Å². The maximum atomic E-state index is 13.3. The van der Waals surface area contributed by atoms with E-state index in [1.54, 1.807) is 0 Å². The Morgan fingerprint density at radius 3 is 2.59 bits per heavy atom. The normalized spacial score (nSPS) is 21.3. The number of nitrogens with one attached hydrogen (secondary N) is 1. The third kappa shape index (κ3) is 5.35. The van der Waals surface area contributed by atoms with E-state index < -0.39 is 23.8 Å². The summed E-state index contributed by atoms with van der Waals surface area (Å²) < 4.78 is 45.7. The topological polar surface area (TPSA) is 71.5 Å². The molecule has 1 heterocycles. The zero-order valence-electron chi connectivity index (χ0n) is 17.3. The highest BCUT2D eigenvalue weighted by Crippen LogP contribution is 2.40. The first-order valence-electron chi connectivity index (χ1n) is 10.7. The van der Waals surface area contributed by atoms with Crippen molar-refractivity contribution in [2.24, 2.45) is 5.92 Å². The van der Waals surface area contributed by atoms with Gasteiger partial charge in [0.15, 0.2) is 0 Å². The second-order valence-electron chi connectivity index (χ2n) is 8.46. The number of aliphatic hydroxyl groups excluding tert-OH is 1. The Morgan fingerprint density at radius 1 is 1.16 bits per heavy atom. The number of hydrogen-bond donors (Lipinski definition) is 2. The van der Waals surface area contributed by atoms with Gasteiger partial charge in [0, 0.05) is 22.3 Å². The Kier molecular flexibility index (Phi) is 6.62. The molecule has 1 amide bonds. The first-order chi connectivity index (χ1) is 15.2. The zero-order chi connectivity index (χ0) is 22.9. The van der Waals surface area contributed by atoms with E-state index in [0.29, 0.717) is 25.4 Å². The molecule has 32 heavy (non-hydrogen) atoms. The highest BCUT2D eigenvalue weighted by Gasteiger charge is 2.32. The van der Waals surface area contributed by atoms with Crippen molar-refractivity contribution in [3.63, 3.8) is 0 Å². The summed E-state index contributed by atoms with van der Waals surface area (Å²) in [6.45, 7) is 0.399. The van der Waals surface area contributed by atoms with Crippen LogP contribution in [0.1, 0.15) is 54.4 Å². The third-order valence-electron chi connectivity index (χ3n) is 5.90. The molecule has 5 nitrogen and oxygen atoms in total. The minimum Gasteiger partial charge on any atom is -0.477 e. The van der Waals surface area contributed by atoms with Crippen LogP contribution in [0, 0.1) is 5.92 Å². The summed E-state index contributed by atoms with van der Waals surface area (Å²) in [7, 11) is 0. The van der Waals surface area contributed by atoms with Gasteiger partial charge in [-0.25, -0.2) is 4.98 Å². The molecule has 1 aromatic heterocycles. The number of amides is 1. The van der Waals surface area contributed by atoms with Crippen LogP contribution >= 0.6 is 11.6 Å². The van der Waals surface area contributed by atoms with E-state index in [0.717, 1.165) is 37.8 Å². The smallest absolute Gasteiger partial charge is 0.416 e. The van der Waals surface area contributed by atoms with Crippen molar-refractivity contribution >= 4 is 17.5 Å². The summed E-state index contributed by atoms with van der Waals surface area (Å²) in [6, 6.07) is 4.10. The van der Waals surface area contributed by atoms with Gasteiger partial charge in [-0.2, -0.15) is 13.2 Å². The van der Waals surface area contributed by atoms with Crippen LogP contribution in [-0.2, 0) is 6.18 Å². The van der Waals surface area contributed by atoms with Crippen LogP contribution in [0.4, 0.5) is 13.2 Å². The lowest BCUT2D eigenvalue weighted by Gasteiger charge is -2.28. The molecule has 2 atom stereocenters. The van der Waals surface area contributed by atoms with Crippen LogP contribution in [0.3, 0.4) is 0 Å². The maximum Gasteiger partial charge on any atom is 0.416 e. The summed E-state index contributed by atoms with van der Waals surface area (Å²) in [5, 5.41) is 13.0. The van der Waals surface area contributed by atoms with Gasteiger partial charge in [-0.15, -0.1) is 0 Å². The van der Waals surface area contributed by atoms with Crippen LogP contribution in [0.2, 0.25) is 5.02 Å². The standard InChI is InChI=1S/C23H24ClF3N2O3/c24-18-8-7-15(23(25,26)27)10-16(18)17-9-14(11-28-22(17)32-12-13-5-6-13)21(31)29-19-3-1-2-4-20(19)30/h7-11,13,19-20,30H,1-6,12H2,(H,29,31)/t19-,20-/m1/s1. The summed E-state index contributed by atoms with van der Waals surface area (Å²) in [6.07, 6.45) is 1.30. The second kappa shape index (κ2) is 9.27. The molecule has 172 valence electrons. The monoisotopic (exact) mass is 468 g/mol. The number of benzene rings is 1. The number of aliphatic hydroxyl groups is 1. The second-order valence-corrected chi connectivity index (χ2v) is 8.86. The maximum absolute atomic E-state index is 13.3. The SMILES string of the molecule is O=C(N[C@@H]1CCCC[C@H]1O)c1cnc(OCC2CC2)c(-c2cc(C(F)(F)F)ccc2Cl)c1. The number of aromatic nitrogens is 1. The van der Waals surface area contributed by atoms with E-state index in [-0.39, 0.29) is 33.6 Å². The number of ether oxygens (including phenoxy) is 1. The molecule has 2 N–H and O–H groups in total. The van der Waals surface area contributed by atoms with Crippen molar-refractivity contribution in [1.29, 1.82) is 0 Å². The Labute approximate surface area is 188 Å². The van der Waals surface area contributed by atoms with E-state index >= 15 is 0 Å². The molecular weight excluding hydrogens is 445 g/mol. The van der Waals surface area contributed by atoms with Gasteiger partial charge >= 0.3 is 6.18 Å². The van der Waals surface area contributed by atoms with Crippen LogP contribution in [0.15, 0.2) is 30.5 Å². The molecule has 4 rings (SSSR count). The Morgan fingerprint density at radius 2 is 1.91 bits per heavy atom. The minimum absolute atomic E-state index is 0.0899. The van der Waals surface area contributed by atoms with Gasteiger partial charge in [-0.3, -0.25) is 4.79 Å². The van der Waals surface area contributed by atoms with Crippen LogP contribution in [-0.4, -0.2) is 34.8 Å². The van der Waals surface area contributed by atoms with Gasteiger partial charge in [0.05, 0.1) is 29.9 Å². The average Bonchev–Trinajstić information content (AvgIpc) is 3.58. The lowest BCUT2D eigenvalue weighted by molar-refractivity contribution is -0.137. The molecule has 2 aliphatic carbocycles. The summed E-state index contributed by atoms with van der Waals surface area (Å²) in [5.74, 6) is 0.0753. The molecule has 1 aromatic carbocycles. The fourth-order valence-corrected chi connectivity index (χ4v) is 4.02. The Balaban J connectivity index is 1.68. The molecular formula is C23H24ClF3N2O3.